The molecule has 1 aromatic carbocycles. The molecular weight excluding hydrogens is 598 g/mol. The van der Waals surface area contributed by atoms with Crippen LogP contribution in [0.4, 0.5) is 11.6 Å². The summed E-state index contributed by atoms with van der Waals surface area (Å²) in [4.78, 5) is 86.7. The van der Waals surface area contributed by atoms with E-state index in [1.54, 1.807) is 12.1 Å². The third kappa shape index (κ3) is 9.93. The van der Waals surface area contributed by atoms with Crippen LogP contribution in [0.15, 0.2) is 35.3 Å². The fourth-order valence-electron chi connectivity index (χ4n) is 3.87. The van der Waals surface area contributed by atoms with Gasteiger partial charge in [-0.05, 0) is 37.1 Å². The summed E-state index contributed by atoms with van der Waals surface area (Å²) in [5, 5.41) is 28.9. The summed E-state index contributed by atoms with van der Waals surface area (Å²) in [6, 6.07) is 3.54. The smallest absolute Gasteiger partial charge is 0.326 e. The minimum Gasteiger partial charge on any atom is -0.481 e. The second-order valence-corrected chi connectivity index (χ2v) is 9.83. The van der Waals surface area contributed by atoms with Gasteiger partial charge in [-0.25, -0.2) is 14.8 Å². The van der Waals surface area contributed by atoms with E-state index in [1.807, 2.05) is 0 Å². The molecule has 0 spiro atoms. The molecule has 0 saturated heterocycles. The van der Waals surface area contributed by atoms with Crippen molar-refractivity contribution in [3.8, 4) is 0 Å². The second-order valence-electron chi connectivity index (χ2n) is 9.39. The lowest BCUT2D eigenvalue weighted by Crippen LogP contribution is -2.48. The van der Waals surface area contributed by atoms with Crippen LogP contribution in [0.5, 0.6) is 0 Å². The normalized spacial score (nSPS) is 12.1. The number of aromatic nitrogens is 4. The average Bonchev–Trinajstić information content (AvgIpc) is 2.98. The van der Waals surface area contributed by atoms with E-state index < -0.39 is 47.3 Å². The van der Waals surface area contributed by atoms with Gasteiger partial charge in [-0.15, -0.1) is 0 Å². The first kappa shape index (κ1) is 33.2. The van der Waals surface area contributed by atoms with Gasteiger partial charge in [0, 0.05) is 36.4 Å². The van der Waals surface area contributed by atoms with E-state index >= 15 is 0 Å². The van der Waals surface area contributed by atoms with Crippen molar-refractivity contribution in [2.24, 2.45) is 0 Å². The number of amides is 3. The highest BCUT2D eigenvalue weighted by molar-refractivity contribution is 7.80. The quantitative estimate of drug-likeness (QED) is 0.0885. The van der Waals surface area contributed by atoms with E-state index in [0.717, 1.165) is 0 Å². The Morgan fingerprint density at radius 3 is 2.34 bits per heavy atom. The van der Waals surface area contributed by atoms with Crippen LogP contribution in [0.2, 0.25) is 0 Å². The molecule has 3 amide bonds. The highest BCUT2D eigenvalue weighted by Crippen LogP contribution is 2.12. The Bertz CT molecular complexity index is 1580. The summed E-state index contributed by atoms with van der Waals surface area (Å²) >= 11 is 3.98. The summed E-state index contributed by atoms with van der Waals surface area (Å²) in [5.74, 6) is -4.21. The van der Waals surface area contributed by atoms with Crippen LogP contribution in [0.1, 0.15) is 41.7 Å². The summed E-state index contributed by atoms with van der Waals surface area (Å²) in [7, 11) is 0. The fourth-order valence-corrected chi connectivity index (χ4v) is 3.98. The first-order valence-electron chi connectivity index (χ1n) is 13.3. The third-order valence-electron chi connectivity index (χ3n) is 6.08. The predicted octanol–water partition coefficient (Wildman–Crippen LogP) is -0.734. The zero-order valence-corrected chi connectivity index (χ0v) is 24.1. The van der Waals surface area contributed by atoms with Crippen molar-refractivity contribution in [1.82, 2.24) is 35.9 Å². The Balaban J connectivity index is 1.54. The monoisotopic (exact) mass is 629 g/mol. The van der Waals surface area contributed by atoms with Gasteiger partial charge in [0.2, 0.25) is 17.8 Å². The Hall–Kier alpha value is -5.26. The number of carboxylic acid groups (broad SMARTS) is 2. The number of hydrogen-bond acceptors (Lipinski definition) is 12. The van der Waals surface area contributed by atoms with Crippen molar-refractivity contribution >= 4 is 65.1 Å². The lowest BCUT2D eigenvalue weighted by molar-refractivity contribution is -0.140. The fraction of sp³-hybridized carbons (Fsp3) is 0.346. The molecule has 2 atom stereocenters. The lowest BCUT2D eigenvalue weighted by Gasteiger charge is -2.19. The third-order valence-corrected chi connectivity index (χ3v) is 6.30. The standard InChI is InChI=1S/C26H31N9O8S/c27-26-34-21-20(24(41)35-26)31-15(12-30-21)11-29-14-3-1-13(2-4-14)22(39)33-17(25(42)43)5-7-18(36)32-16(6-8-19(37)38)23(40)28-9-10-44/h1-4,12,16-17,29,44H,5-11H2,(H,28,40)(H,32,36)(H,33,39)(H,37,38)(H,42,43)(H3,27,30,34,35,41)/t16-,17-/m0/s1. The van der Waals surface area contributed by atoms with Gasteiger partial charge < -0.3 is 37.2 Å². The van der Waals surface area contributed by atoms with Gasteiger partial charge in [0.05, 0.1) is 18.4 Å². The number of nitrogens with zero attached hydrogens (tertiary/aromatic N) is 3. The van der Waals surface area contributed by atoms with E-state index in [4.69, 9.17) is 10.8 Å². The number of nitrogen functional groups attached to an aromatic ring is 1. The molecule has 2 aromatic heterocycles. The molecule has 0 aliphatic carbocycles. The number of nitrogens with two attached hydrogens (primary N) is 1. The number of aliphatic carboxylic acids is 2. The summed E-state index contributed by atoms with van der Waals surface area (Å²) in [6.45, 7) is 0.399. The maximum Gasteiger partial charge on any atom is 0.326 e. The molecule has 3 rings (SSSR count). The molecule has 0 saturated carbocycles. The number of H-pyrrole nitrogens is 1. The molecule has 0 radical (unpaired) electrons. The lowest BCUT2D eigenvalue weighted by atomic mass is 10.1. The van der Waals surface area contributed by atoms with E-state index in [1.165, 1.54) is 18.3 Å². The number of aromatic amines is 1. The first-order valence-corrected chi connectivity index (χ1v) is 13.9. The molecule has 17 nitrogen and oxygen atoms in total. The highest BCUT2D eigenvalue weighted by Gasteiger charge is 2.25. The van der Waals surface area contributed by atoms with E-state index in [-0.39, 0.29) is 61.4 Å². The molecule has 0 aliphatic heterocycles. The van der Waals surface area contributed by atoms with E-state index in [2.05, 4.69) is 53.8 Å². The van der Waals surface area contributed by atoms with Crippen molar-refractivity contribution in [2.75, 3.05) is 23.3 Å². The van der Waals surface area contributed by atoms with Crippen LogP contribution in [0, 0.1) is 0 Å². The molecule has 3 aromatic rings. The Labute approximate surface area is 254 Å². The predicted molar refractivity (Wildman–Crippen MR) is 160 cm³/mol. The number of carbonyl (C=O) groups excluding carboxylic acids is 3. The molecule has 0 bridgehead atoms. The molecule has 9 N–H and O–H groups in total. The molecule has 234 valence electrons. The Morgan fingerprint density at radius 2 is 1.68 bits per heavy atom. The Kier molecular flexibility index (Phi) is 12.0. The van der Waals surface area contributed by atoms with Gasteiger partial charge in [-0.2, -0.15) is 17.6 Å². The number of thiol groups is 1. The topological polar surface area (TPSA) is 271 Å². The molecule has 44 heavy (non-hydrogen) atoms. The molecule has 0 aliphatic rings. The van der Waals surface area contributed by atoms with Gasteiger partial charge in [-0.1, -0.05) is 0 Å². The zero-order chi connectivity index (χ0) is 32.2. The number of fused-ring (bicyclic) bond motifs is 1. The van der Waals surface area contributed by atoms with Gasteiger partial charge in [0.1, 0.15) is 12.1 Å². The summed E-state index contributed by atoms with van der Waals surface area (Å²) < 4.78 is 0. The largest absolute Gasteiger partial charge is 0.481 e. The first-order chi connectivity index (χ1) is 21.0. The second kappa shape index (κ2) is 15.8. The van der Waals surface area contributed by atoms with Crippen LogP contribution >= 0.6 is 12.6 Å². The highest BCUT2D eigenvalue weighted by atomic mass is 32.1. The van der Waals surface area contributed by atoms with Crippen LogP contribution in [-0.2, 0) is 25.7 Å². The molecular formula is C26H31N9O8S. The van der Waals surface area contributed by atoms with Gasteiger partial charge >= 0.3 is 11.9 Å². The number of benzene rings is 1. The molecule has 2 heterocycles. The van der Waals surface area contributed by atoms with Crippen LogP contribution < -0.4 is 32.6 Å². The Morgan fingerprint density at radius 1 is 0.977 bits per heavy atom. The average molecular weight is 630 g/mol. The summed E-state index contributed by atoms with van der Waals surface area (Å²) in [5.41, 5.74) is 6.31. The molecule has 18 heteroatoms. The minimum atomic E-state index is -1.42. The van der Waals surface area contributed by atoms with Gasteiger partial charge in [-0.3, -0.25) is 29.0 Å². The SMILES string of the molecule is Nc1nc2ncc(CNc3ccc(C(=O)N[C@@H](CCC(=O)N[C@@H](CCC(=O)O)C(=O)NCCS)C(=O)O)cc3)nc2c(=O)[nH]1. The van der Waals surface area contributed by atoms with Crippen molar-refractivity contribution in [2.45, 2.75) is 44.3 Å². The maximum absolute atomic E-state index is 12.7. The molecule has 0 fully saturated rings. The van der Waals surface area contributed by atoms with E-state index in [9.17, 15) is 33.9 Å². The number of rotatable bonds is 16. The van der Waals surface area contributed by atoms with Crippen molar-refractivity contribution in [3.63, 3.8) is 0 Å². The van der Waals surface area contributed by atoms with Gasteiger partial charge in [0.15, 0.2) is 11.2 Å². The van der Waals surface area contributed by atoms with Crippen LogP contribution in [0.25, 0.3) is 11.2 Å². The van der Waals surface area contributed by atoms with Crippen molar-refractivity contribution in [3.05, 3.63) is 52.1 Å². The van der Waals surface area contributed by atoms with Gasteiger partial charge in [0.25, 0.3) is 11.5 Å². The maximum atomic E-state index is 12.7. The number of nitrogens with one attached hydrogen (secondary N) is 5. The number of carbonyl (C=O) groups is 5. The van der Waals surface area contributed by atoms with Crippen LogP contribution in [-0.4, -0.2) is 84.2 Å². The number of carboxylic acids is 2. The summed E-state index contributed by atoms with van der Waals surface area (Å²) in [6.07, 6.45) is 0.272. The minimum absolute atomic E-state index is 0.0312. The van der Waals surface area contributed by atoms with Crippen molar-refractivity contribution in [1.29, 1.82) is 0 Å². The molecule has 0 unspecified atom stereocenters. The number of hydrogen-bond donors (Lipinski definition) is 9. The van der Waals surface area contributed by atoms with Crippen LogP contribution in [0.3, 0.4) is 0 Å². The van der Waals surface area contributed by atoms with Crippen molar-refractivity contribution < 1.29 is 34.2 Å². The zero-order valence-electron chi connectivity index (χ0n) is 23.2. The number of anilines is 2. The van der Waals surface area contributed by atoms with E-state index in [0.29, 0.717) is 17.1 Å².